The fourth-order valence-corrected chi connectivity index (χ4v) is 3.92. The van der Waals surface area contributed by atoms with E-state index in [4.69, 9.17) is 5.11 Å². The van der Waals surface area contributed by atoms with Gasteiger partial charge >= 0.3 is 5.97 Å². The van der Waals surface area contributed by atoms with E-state index in [1.807, 2.05) is 0 Å². The van der Waals surface area contributed by atoms with Crippen LogP contribution in [0.3, 0.4) is 0 Å². The smallest absolute Gasteiger partial charge is 0.303 e. The van der Waals surface area contributed by atoms with E-state index in [0.717, 1.165) is 18.8 Å². The fraction of sp³-hybridized carbons (Fsp3) is 0.958. The van der Waals surface area contributed by atoms with E-state index in [-0.39, 0.29) is 0 Å². The summed E-state index contributed by atoms with van der Waals surface area (Å²) in [4.78, 5) is 10.5. The van der Waals surface area contributed by atoms with Crippen molar-refractivity contribution < 1.29 is 9.90 Å². The van der Waals surface area contributed by atoms with Crippen LogP contribution in [0, 0.1) is 5.92 Å². The molecule has 0 saturated carbocycles. The van der Waals surface area contributed by atoms with E-state index in [1.54, 1.807) is 0 Å². The Balaban J connectivity index is 3.61. The summed E-state index contributed by atoms with van der Waals surface area (Å²) < 4.78 is 0. The van der Waals surface area contributed by atoms with E-state index in [9.17, 15) is 4.79 Å². The third kappa shape index (κ3) is 19.8. The highest BCUT2D eigenvalue weighted by molar-refractivity contribution is 5.66. The average molecular weight is 369 g/mol. The van der Waals surface area contributed by atoms with Crippen LogP contribution in [0.2, 0.25) is 0 Å². The Bertz CT molecular complexity index is 276. The van der Waals surface area contributed by atoms with Crippen molar-refractivity contribution in [3.05, 3.63) is 0 Å². The lowest BCUT2D eigenvalue weighted by Gasteiger charge is -2.17. The molecule has 0 aliphatic carbocycles. The number of aliphatic carboxylic acids is 1. The Morgan fingerprint density at radius 1 is 0.577 bits per heavy atom. The van der Waals surface area contributed by atoms with E-state index in [2.05, 4.69) is 13.8 Å². The molecule has 2 nitrogen and oxygen atoms in total. The molecule has 0 aliphatic heterocycles. The molecule has 0 aromatic heterocycles. The monoisotopic (exact) mass is 368 g/mol. The second kappa shape index (κ2) is 20.8. The van der Waals surface area contributed by atoms with Crippen molar-refractivity contribution in [1.29, 1.82) is 0 Å². The molecule has 0 bridgehead atoms. The van der Waals surface area contributed by atoms with Crippen molar-refractivity contribution in [2.75, 3.05) is 0 Å². The average Bonchev–Trinajstić information content (AvgIpc) is 2.62. The van der Waals surface area contributed by atoms with Crippen molar-refractivity contribution >= 4 is 5.97 Å². The molecule has 0 aromatic rings. The largest absolute Gasteiger partial charge is 0.481 e. The first-order valence-electron chi connectivity index (χ1n) is 11.9. The minimum atomic E-state index is -0.649. The van der Waals surface area contributed by atoms with Gasteiger partial charge in [0.25, 0.3) is 0 Å². The lowest BCUT2D eigenvalue weighted by atomic mass is 9.89. The molecular weight excluding hydrogens is 320 g/mol. The van der Waals surface area contributed by atoms with Crippen LogP contribution in [0.1, 0.15) is 142 Å². The molecule has 26 heavy (non-hydrogen) atoms. The zero-order valence-electron chi connectivity index (χ0n) is 18.1. The van der Waals surface area contributed by atoms with Crippen LogP contribution in [-0.4, -0.2) is 11.1 Å². The molecule has 0 rings (SSSR count). The van der Waals surface area contributed by atoms with Crippen LogP contribution in [0.5, 0.6) is 0 Å². The van der Waals surface area contributed by atoms with Crippen LogP contribution in [0.25, 0.3) is 0 Å². The molecule has 0 heterocycles. The Kier molecular flexibility index (Phi) is 20.4. The van der Waals surface area contributed by atoms with E-state index >= 15 is 0 Å². The topological polar surface area (TPSA) is 37.3 Å². The maximum atomic E-state index is 10.5. The highest BCUT2D eigenvalue weighted by atomic mass is 16.4. The van der Waals surface area contributed by atoms with Gasteiger partial charge in [-0.15, -0.1) is 0 Å². The van der Waals surface area contributed by atoms with Crippen molar-refractivity contribution in [2.45, 2.75) is 142 Å². The summed E-state index contributed by atoms with van der Waals surface area (Å²) in [5, 5.41) is 8.62. The molecular formula is C24H48O2. The molecule has 156 valence electrons. The molecule has 0 amide bonds. The SMILES string of the molecule is CCCCCCC(CCCCCC)CCCCCCCCCCC(=O)O. The van der Waals surface area contributed by atoms with Crippen LogP contribution in [0.15, 0.2) is 0 Å². The van der Waals surface area contributed by atoms with Crippen molar-refractivity contribution in [2.24, 2.45) is 5.92 Å². The van der Waals surface area contributed by atoms with Gasteiger partial charge in [-0.2, -0.15) is 0 Å². The molecule has 0 saturated heterocycles. The molecule has 1 N–H and O–H groups in total. The van der Waals surface area contributed by atoms with Gasteiger partial charge in [-0.1, -0.05) is 129 Å². The van der Waals surface area contributed by atoms with Crippen LogP contribution in [-0.2, 0) is 4.79 Å². The molecule has 0 unspecified atom stereocenters. The van der Waals surface area contributed by atoms with Gasteiger partial charge in [0.05, 0.1) is 0 Å². The first kappa shape index (κ1) is 25.5. The number of unbranched alkanes of at least 4 members (excludes halogenated alkanes) is 13. The van der Waals surface area contributed by atoms with Crippen molar-refractivity contribution in [3.63, 3.8) is 0 Å². The van der Waals surface area contributed by atoms with Gasteiger partial charge in [-0.05, 0) is 12.3 Å². The summed E-state index contributed by atoms with van der Waals surface area (Å²) in [5.41, 5.74) is 0. The van der Waals surface area contributed by atoms with Gasteiger partial charge in [-0.3, -0.25) is 4.79 Å². The highest BCUT2D eigenvalue weighted by Gasteiger charge is 2.08. The first-order chi connectivity index (χ1) is 12.7. The molecule has 0 radical (unpaired) electrons. The minimum absolute atomic E-state index is 0.345. The number of hydrogen-bond acceptors (Lipinski definition) is 1. The van der Waals surface area contributed by atoms with E-state index < -0.39 is 5.97 Å². The highest BCUT2D eigenvalue weighted by Crippen LogP contribution is 2.24. The van der Waals surface area contributed by atoms with E-state index in [1.165, 1.54) is 109 Å². The minimum Gasteiger partial charge on any atom is -0.481 e. The van der Waals surface area contributed by atoms with Crippen LogP contribution in [0.4, 0.5) is 0 Å². The zero-order valence-corrected chi connectivity index (χ0v) is 18.1. The maximum Gasteiger partial charge on any atom is 0.303 e. The second-order valence-electron chi connectivity index (χ2n) is 8.33. The summed E-state index contributed by atoms with van der Waals surface area (Å²) in [6.45, 7) is 4.60. The van der Waals surface area contributed by atoms with Crippen molar-refractivity contribution in [1.82, 2.24) is 0 Å². The standard InChI is InChI=1S/C24H48O2/c1-3-5-7-15-19-23(20-16-8-6-4-2)21-17-13-11-9-10-12-14-18-22-24(25)26/h23H,3-22H2,1-2H3,(H,25,26). The summed E-state index contributed by atoms with van der Waals surface area (Å²) in [6.07, 6.45) is 26.0. The molecule has 0 fully saturated rings. The van der Waals surface area contributed by atoms with Gasteiger partial charge in [0.1, 0.15) is 0 Å². The lowest BCUT2D eigenvalue weighted by Crippen LogP contribution is -2.01. The summed E-state index contributed by atoms with van der Waals surface area (Å²) in [5.74, 6) is 0.337. The molecule has 0 spiro atoms. The fourth-order valence-electron chi connectivity index (χ4n) is 3.92. The number of rotatable bonds is 21. The van der Waals surface area contributed by atoms with Gasteiger partial charge < -0.3 is 5.11 Å². The number of hydrogen-bond donors (Lipinski definition) is 1. The van der Waals surface area contributed by atoms with Crippen LogP contribution >= 0.6 is 0 Å². The van der Waals surface area contributed by atoms with Crippen molar-refractivity contribution in [3.8, 4) is 0 Å². The van der Waals surface area contributed by atoms with Gasteiger partial charge in [0.2, 0.25) is 0 Å². The Hall–Kier alpha value is -0.530. The van der Waals surface area contributed by atoms with Gasteiger partial charge in [0.15, 0.2) is 0 Å². The summed E-state index contributed by atoms with van der Waals surface area (Å²) in [7, 11) is 0. The third-order valence-corrected chi connectivity index (χ3v) is 5.68. The predicted octanol–water partition coefficient (Wildman–Crippen LogP) is 8.53. The lowest BCUT2D eigenvalue weighted by molar-refractivity contribution is -0.137. The first-order valence-corrected chi connectivity index (χ1v) is 11.9. The molecule has 2 heteroatoms. The molecule has 0 aliphatic rings. The summed E-state index contributed by atoms with van der Waals surface area (Å²) in [6, 6.07) is 0. The Morgan fingerprint density at radius 3 is 1.31 bits per heavy atom. The molecule has 0 aromatic carbocycles. The van der Waals surface area contributed by atoms with Gasteiger partial charge in [-0.25, -0.2) is 0 Å². The maximum absolute atomic E-state index is 10.5. The number of carboxylic acid groups (broad SMARTS) is 1. The quantitative estimate of drug-likeness (QED) is 0.206. The third-order valence-electron chi connectivity index (χ3n) is 5.68. The number of carboxylic acids is 1. The Labute approximate surface area is 164 Å². The zero-order chi connectivity index (χ0) is 19.3. The van der Waals surface area contributed by atoms with E-state index in [0.29, 0.717) is 6.42 Å². The summed E-state index contributed by atoms with van der Waals surface area (Å²) >= 11 is 0. The van der Waals surface area contributed by atoms with Gasteiger partial charge in [0, 0.05) is 6.42 Å². The Morgan fingerprint density at radius 2 is 0.923 bits per heavy atom. The predicted molar refractivity (Wildman–Crippen MR) is 115 cm³/mol. The molecule has 0 atom stereocenters. The number of carbonyl (C=O) groups is 1. The normalized spacial score (nSPS) is 11.3. The van der Waals surface area contributed by atoms with Crippen LogP contribution < -0.4 is 0 Å². The second-order valence-corrected chi connectivity index (χ2v) is 8.33.